The lowest BCUT2D eigenvalue weighted by Gasteiger charge is -2.26. The van der Waals surface area contributed by atoms with Crippen molar-refractivity contribution in [2.24, 2.45) is 0 Å². The molecule has 174 valence electrons. The summed E-state index contributed by atoms with van der Waals surface area (Å²) in [5.41, 5.74) is 4.63. The standard InChI is InChI=1S/C22H31N5O5/c1-6-32-22(29)26-8-7-18-17(13-26)20(24-21(28)23-12-19(30-4)31-5)27(25-18)16-10-14(2)9-15(3)11-16/h9-11,19H,6-8,12-13H2,1-5H3,(H2,23,24,28). The summed E-state index contributed by atoms with van der Waals surface area (Å²) in [6, 6.07) is 5.66. The van der Waals surface area contributed by atoms with Crippen molar-refractivity contribution in [3.8, 4) is 5.69 Å². The second kappa shape index (κ2) is 10.5. The van der Waals surface area contributed by atoms with Crippen molar-refractivity contribution >= 4 is 17.9 Å². The van der Waals surface area contributed by atoms with Crippen molar-refractivity contribution in [1.29, 1.82) is 0 Å². The number of amides is 3. The van der Waals surface area contributed by atoms with Crippen LogP contribution in [0.1, 0.15) is 29.3 Å². The van der Waals surface area contributed by atoms with Crippen LogP contribution in [0, 0.1) is 13.8 Å². The van der Waals surface area contributed by atoms with Gasteiger partial charge in [0.1, 0.15) is 5.82 Å². The number of fused-ring (bicyclic) bond motifs is 1. The van der Waals surface area contributed by atoms with E-state index in [9.17, 15) is 9.59 Å². The molecule has 0 aliphatic carbocycles. The maximum atomic E-state index is 12.7. The average molecular weight is 446 g/mol. The third kappa shape index (κ3) is 5.38. The largest absolute Gasteiger partial charge is 0.450 e. The van der Waals surface area contributed by atoms with E-state index >= 15 is 0 Å². The van der Waals surface area contributed by atoms with Gasteiger partial charge in [-0.2, -0.15) is 5.10 Å². The van der Waals surface area contributed by atoms with Crippen LogP contribution in [0.4, 0.5) is 15.4 Å². The van der Waals surface area contributed by atoms with E-state index in [2.05, 4.69) is 16.7 Å². The molecular formula is C22H31N5O5. The highest BCUT2D eigenvalue weighted by Crippen LogP contribution is 2.30. The number of aryl methyl sites for hydroxylation is 2. The minimum absolute atomic E-state index is 0.174. The van der Waals surface area contributed by atoms with Crippen molar-refractivity contribution in [2.45, 2.75) is 40.0 Å². The molecule has 0 radical (unpaired) electrons. The maximum absolute atomic E-state index is 12.7. The molecule has 0 atom stereocenters. The smallest absolute Gasteiger partial charge is 0.410 e. The van der Waals surface area contributed by atoms with Gasteiger partial charge >= 0.3 is 12.1 Å². The Balaban J connectivity index is 1.94. The summed E-state index contributed by atoms with van der Waals surface area (Å²) in [6.45, 7) is 7.08. The van der Waals surface area contributed by atoms with E-state index in [0.717, 1.165) is 28.1 Å². The van der Waals surface area contributed by atoms with Crippen LogP contribution in [0.25, 0.3) is 5.69 Å². The van der Waals surface area contributed by atoms with Crippen LogP contribution in [0.5, 0.6) is 0 Å². The van der Waals surface area contributed by atoms with Crippen LogP contribution >= 0.6 is 0 Å². The highest BCUT2D eigenvalue weighted by Gasteiger charge is 2.29. The topological polar surface area (TPSA) is 107 Å². The van der Waals surface area contributed by atoms with Crippen LogP contribution < -0.4 is 10.6 Å². The fraction of sp³-hybridized carbons (Fsp3) is 0.500. The molecule has 10 heteroatoms. The Hall–Kier alpha value is -3.11. The molecule has 0 fully saturated rings. The fourth-order valence-corrected chi connectivity index (χ4v) is 3.72. The van der Waals surface area contributed by atoms with Gasteiger partial charge in [-0.05, 0) is 44.0 Å². The normalized spacial score (nSPS) is 13.1. The number of carbonyl (C=O) groups excluding carboxylic acids is 2. The van der Waals surface area contributed by atoms with Crippen LogP contribution in [-0.2, 0) is 27.2 Å². The van der Waals surface area contributed by atoms with Crippen LogP contribution in [0.15, 0.2) is 18.2 Å². The van der Waals surface area contributed by atoms with E-state index in [1.165, 1.54) is 14.2 Å². The number of benzene rings is 1. The van der Waals surface area contributed by atoms with E-state index in [0.29, 0.717) is 31.9 Å². The number of hydrogen-bond acceptors (Lipinski definition) is 6. The van der Waals surface area contributed by atoms with Gasteiger partial charge in [0.2, 0.25) is 0 Å². The monoisotopic (exact) mass is 445 g/mol. The Morgan fingerprint density at radius 3 is 2.47 bits per heavy atom. The molecule has 1 aromatic heterocycles. The molecule has 1 aliphatic heterocycles. The number of nitrogens with one attached hydrogen (secondary N) is 2. The van der Waals surface area contributed by atoms with Crippen molar-refractivity contribution in [3.63, 3.8) is 0 Å². The molecule has 1 aromatic carbocycles. The Labute approximate surface area is 187 Å². The summed E-state index contributed by atoms with van der Waals surface area (Å²) >= 11 is 0. The van der Waals surface area contributed by atoms with Gasteiger partial charge in [-0.3, -0.25) is 5.32 Å². The molecule has 2 heterocycles. The molecule has 32 heavy (non-hydrogen) atoms. The van der Waals surface area contributed by atoms with Crippen LogP contribution in [0.3, 0.4) is 0 Å². The zero-order valence-corrected chi connectivity index (χ0v) is 19.2. The molecule has 0 saturated carbocycles. The summed E-state index contributed by atoms with van der Waals surface area (Å²) in [5.74, 6) is 0.517. The molecule has 3 rings (SSSR count). The van der Waals surface area contributed by atoms with Crippen molar-refractivity contribution in [3.05, 3.63) is 40.6 Å². The van der Waals surface area contributed by atoms with Crippen LogP contribution in [-0.4, -0.2) is 67.0 Å². The Kier molecular flexibility index (Phi) is 7.70. The van der Waals surface area contributed by atoms with E-state index in [1.54, 1.807) is 16.5 Å². The lowest BCUT2D eigenvalue weighted by atomic mass is 10.1. The highest BCUT2D eigenvalue weighted by molar-refractivity contribution is 5.90. The summed E-state index contributed by atoms with van der Waals surface area (Å²) in [5, 5.41) is 10.4. The van der Waals surface area contributed by atoms with Gasteiger partial charge in [0.15, 0.2) is 6.29 Å². The minimum atomic E-state index is -0.557. The molecule has 0 spiro atoms. The number of methoxy groups -OCH3 is 2. The molecular weight excluding hydrogens is 414 g/mol. The number of ether oxygens (including phenoxy) is 3. The Bertz CT molecular complexity index is 950. The molecule has 0 unspecified atom stereocenters. The zero-order chi connectivity index (χ0) is 23.3. The van der Waals surface area contributed by atoms with E-state index < -0.39 is 12.3 Å². The predicted octanol–water partition coefficient (Wildman–Crippen LogP) is 2.74. The second-order valence-corrected chi connectivity index (χ2v) is 7.64. The number of aromatic nitrogens is 2. The van der Waals surface area contributed by atoms with Crippen LogP contribution in [0.2, 0.25) is 0 Å². The first-order valence-electron chi connectivity index (χ1n) is 10.6. The number of urea groups is 1. The van der Waals surface area contributed by atoms with Gasteiger partial charge in [0.25, 0.3) is 0 Å². The average Bonchev–Trinajstić information content (AvgIpc) is 3.11. The summed E-state index contributed by atoms with van der Waals surface area (Å²) in [7, 11) is 3.01. The lowest BCUT2D eigenvalue weighted by molar-refractivity contribution is -0.0970. The molecule has 0 bridgehead atoms. The van der Waals surface area contributed by atoms with Gasteiger partial charge in [0.05, 0.1) is 31.1 Å². The fourth-order valence-electron chi connectivity index (χ4n) is 3.72. The Morgan fingerprint density at radius 2 is 1.84 bits per heavy atom. The van der Waals surface area contributed by atoms with E-state index in [1.807, 2.05) is 26.0 Å². The zero-order valence-electron chi connectivity index (χ0n) is 19.2. The minimum Gasteiger partial charge on any atom is -0.450 e. The molecule has 2 aromatic rings. The summed E-state index contributed by atoms with van der Waals surface area (Å²) < 4.78 is 17.1. The quantitative estimate of drug-likeness (QED) is 0.635. The Morgan fingerprint density at radius 1 is 1.16 bits per heavy atom. The van der Waals surface area contributed by atoms with E-state index in [-0.39, 0.29) is 12.6 Å². The summed E-state index contributed by atoms with van der Waals surface area (Å²) in [4.78, 5) is 26.6. The van der Waals surface area contributed by atoms with Gasteiger partial charge < -0.3 is 24.4 Å². The third-order valence-electron chi connectivity index (χ3n) is 5.20. The molecule has 3 amide bonds. The SMILES string of the molecule is CCOC(=O)N1CCc2nn(-c3cc(C)cc(C)c3)c(NC(=O)NCC(OC)OC)c2C1. The lowest BCUT2D eigenvalue weighted by Crippen LogP contribution is -2.38. The number of rotatable bonds is 7. The first-order chi connectivity index (χ1) is 15.4. The van der Waals surface area contributed by atoms with Crippen molar-refractivity contribution < 1.29 is 23.8 Å². The molecule has 2 N–H and O–H groups in total. The summed E-state index contributed by atoms with van der Waals surface area (Å²) in [6.07, 6.45) is -0.369. The highest BCUT2D eigenvalue weighted by atomic mass is 16.7. The van der Waals surface area contributed by atoms with Gasteiger partial charge in [0, 0.05) is 32.7 Å². The first-order valence-corrected chi connectivity index (χ1v) is 10.6. The van der Waals surface area contributed by atoms with Gasteiger partial charge in [-0.1, -0.05) is 6.07 Å². The van der Waals surface area contributed by atoms with E-state index in [4.69, 9.17) is 19.3 Å². The predicted molar refractivity (Wildman–Crippen MR) is 119 cm³/mol. The molecule has 0 saturated heterocycles. The molecule has 1 aliphatic rings. The van der Waals surface area contributed by atoms with Gasteiger partial charge in [-0.25, -0.2) is 14.3 Å². The molecule has 10 nitrogen and oxygen atoms in total. The third-order valence-corrected chi connectivity index (χ3v) is 5.20. The van der Waals surface area contributed by atoms with Crippen molar-refractivity contribution in [1.82, 2.24) is 20.0 Å². The number of nitrogens with zero attached hydrogens (tertiary/aromatic N) is 3. The first kappa shape index (κ1) is 23.6. The van der Waals surface area contributed by atoms with Crippen molar-refractivity contribution in [2.75, 3.05) is 39.2 Å². The number of carbonyl (C=O) groups is 2. The van der Waals surface area contributed by atoms with Gasteiger partial charge in [-0.15, -0.1) is 0 Å². The maximum Gasteiger partial charge on any atom is 0.410 e. The number of anilines is 1. The second-order valence-electron chi connectivity index (χ2n) is 7.64. The number of hydrogen-bond donors (Lipinski definition) is 2.